The molecule has 16 heavy (non-hydrogen) atoms. The Hall–Kier alpha value is -1.03. The number of urea groups is 1. The van der Waals surface area contributed by atoms with E-state index in [9.17, 15) is 4.79 Å². The van der Waals surface area contributed by atoms with Crippen LogP contribution in [0.2, 0.25) is 0 Å². The topological polar surface area (TPSA) is 41.1 Å². The van der Waals surface area contributed by atoms with Crippen LogP contribution in [0.5, 0.6) is 0 Å². The first-order valence-corrected chi connectivity index (χ1v) is 6.16. The molecule has 0 radical (unpaired) electrons. The van der Waals surface area contributed by atoms with Crippen LogP contribution in [-0.2, 0) is 6.42 Å². The minimum Gasteiger partial charge on any atom is -0.338 e. The molecule has 0 saturated carbocycles. The van der Waals surface area contributed by atoms with Crippen LogP contribution in [0.1, 0.15) is 19.4 Å². The second kappa shape index (κ2) is 6.53. The minimum absolute atomic E-state index is 0.105. The van der Waals surface area contributed by atoms with Crippen molar-refractivity contribution in [1.29, 1.82) is 0 Å². The normalized spacial score (nSPS) is 10.2. The first-order valence-electron chi connectivity index (χ1n) is 5.36. The Morgan fingerprint density at radius 3 is 2.50 bits per heavy atom. The largest absolute Gasteiger partial charge is 0.338 e. The molecule has 3 nitrogen and oxygen atoms in total. The molecule has 4 heteroatoms. The number of carbonyl (C=O) groups excluding carboxylic acids is 1. The summed E-state index contributed by atoms with van der Waals surface area (Å²) >= 11 is 3.38. The predicted molar refractivity (Wildman–Crippen MR) is 69.5 cm³/mol. The average molecular weight is 285 g/mol. The van der Waals surface area contributed by atoms with E-state index in [-0.39, 0.29) is 12.1 Å². The molecule has 0 aliphatic rings. The standard InChI is InChI=1S/C12H17BrN2O/c1-9(2)15-12(16)14-8-7-10-3-5-11(13)6-4-10/h3-6,9H,7-8H2,1-2H3,(H2,14,15,16). The van der Waals surface area contributed by atoms with E-state index < -0.39 is 0 Å². The number of amides is 2. The highest BCUT2D eigenvalue weighted by atomic mass is 79.9. The number of nitrogens with one attached hydrogen (secondary N) is 2. The van der Waals surface area contributed by atoms with Crippen molar-refractivity contribution in [3.05, 3.63) is 34.3 Å². The zero-order valence-electron chi connectivity index (χ0n) is 9.59. The summed E-state index contributed by atoms with van der Waals surface area (Å²) in [6.45, 7) is 4.53. The van der Waals surface area contributed by atoms with Gasteiger partial charge in [-0.2, -0.15) is 0 Å². The van der Waals surface area contributed by atoms with Gasteiger partial charge in [-0.25, -0.2) is 4.79 Å². The van der Waals surface area contributed by atoms with Crippen molar-refractivity contribution in [2.75, 3.05) is 6.54 Å². The number of rotatable bonds is 4. The van der Waals surface area contributed by atoms with Gasteiger partial charge < -0.3 is 10.6 Å². The van der Waals surface area contributed by atoms with Crippen LogP contribution in [0.4, 0.5) is 4.79 Å². The second-order valence-electron chi connectivity index (χ2n) is 3.93. The van der Waals surface area contributed by atoms with Crippen LogP contribution in [-0.4, -0.2) is 18.6 Å². The lowest BCUT2D eigenvalue weighted by atomic mass is 10.1. The SMILES string of the molecule is CC(C)NC(=O)NCCc1ccc(Br)cc1. The monoisotopic (exact) mass is 284 g/mol. The van der Waals surface area contributed by atoms with E-state index in [0.29, 0.717) is 6.54 Å². The fraction of sp³-hybridized carbons (Fsp3) is 0.417. The Morgan fingerprint density at radius 2 is 1.94 bits per heavy atom. The Morgan fingerprint density at radius 1 is 1.31 bits per heavy atom. The third-order valence-electron chi connectivity index (χ3n) is 2.03. The molecular formula is C12H17BrN2O. The van der Waals surface area contributed by atoms with Gasteiger partial charge in [0.15, 0.2) is 0 Å². The summed E-state index contributed by atoms with van der Waals surface area (Å²) in [5.74, 6) is 0. The molecule has 0 heterocycles. The first kappa shape index (κ1) is 13.0. The summed E-state index contributed by atoms with van der Waals surface area (Å²) in [6, 6.07) is 8.17. The minimum atomic E-state index is -0.105. The Balaban J connectivity index is 2.25. The van der Waals surface area contributed by atoms with E-state index >= 15 is 0 Å². The van der Waals surface area contributed by atoms with Gasteiger partial charge in [0, 0.05) is 17.1 Å². The van der Waals surface area contributed by atoms with E-state index in [2.05, 4.69) is 26.6 Å². The van der Waals surface area contributed by atoms with Crippen molar-refractivity contribution in [2.24, 2.45) is 0 Å². The Kier molecular flexibility index (Phi) is 5.32. The van der Waals surface area contributed by atoms with Crippen LogP contribution in [0.25, 0.3) is 0 Å². The second-order valence-corrected chi connectivity index (χ2v) is 4.85. The maximum atomic E-state index is 11.3. The van der Waals surface area contributed by atoms with Gasteiger partial charge in [0.25, 0.3) is 0 Å². The van der Waals surface area contributed by atoms with Crippen molar-refractivity contribution >= 4 is 22.0 Å². The number of halogens is 1. The van der Waals surface area contributed by atoms with E-state index in [1.54, 1.807) is 0 Å². The Bertz CT molecular complexity index is 335. The van der Waals surface area contributed by atoms with Gasteiger partial charge in [-0.15, -0.1) is 0 Å². The fourth-order valence-corrected chi connectivity index (χ4v) is 1.55. The third-order valence-corrected chi connectivity index (χ3v) is 2.56. The van der Waals surface area contributed by atoms with Crippen molar-refractivity contribution in [1.82, 2.24) is 10.6 Å². The molecule has 0 aliphatic carbocycles. The zero-order chi connectivity index (χ0) is 12.0. The summed E-state index contributed by atoms with van der Waals surface area (Å²) in [5.41, 5.74) is 1.22. The smallest absolute Gasteiger partial charge is 0.314 e. The molecule has 0 bridgehead atoms. The molecule has 0 atom stereocenters. The molecule has 1 rings (SSSR count). The van der Waals surface area contributed by atoms with Crippen LogP contribution in [0.15, 0.2) is 28.7 Å². The molecule has 0 spiro atoms. The summed E-state index contributed by atoms with van der Waals surface area (Å²) in [5, 5.41) is 5.60. The summed E-state index contributed by atoms with van der Waals surface area (Å²) in [7, 11) is 0. The van der Waals surface area contributed by atoms with Crippen molar-refractivity contribution in [2.45, 2.75) is 26.3 Å². The van der Waals surface area contributed by atoms with Gasteiger partial charge in [0.1, 0.15) is 0 Å². The molecule has 0 aliphatic heterocycles. The quantitative estimate of drug-likeness (QED) is 0.877. The lowest BCUT2D eigenvalue weighted by molar-refractivity contribution is 0.238. The van der Waals surface area contributed by atoms with Gasteiger partial charge in [0.05, 0.1) is 0 Å². The molecule has 0 fully saturated rings. The van der Waals surface area contributed by atoms with Crippen LogP contribution in [0.3, 0.4) is 0 Å². The highest BCUT2D eigenvalue weighted by molar-refractivity contribution is 9.10. The molecule has 1 aromatic carbocycles. The van der Waals surface area contributed by atoms with E-state index in [1.807, 2.05) is 38.1 Å². The van der Waals surface area contributed by atoms with Gasteiger partial charge in [-0.1, -0.05) is 28.1 Å². The number of hydrogen-bond donors (Lipinski definition) is 2. The highest BCUT2D eigenvalue weighted by Gasteiger charge is 2.01. The van der Waals surface area contributed by atoms with Crippen molar-refractivity contribution in [3.63, 3.8) is 0 Å². The maximum Gasteiger partial charge on any atom is 0.314 e. The van der Waals surface area contributed by atoms with Gasteiger partial charge in [0.2, 0.25) is 0 Å². The maximum absolute atomic E-state index is 11.3. The molecule has 2 N–H and O–H groups in total. The van der Waals surface area contributed by atoms with Gasteiger partial charge in [-0.3, -0.25) is 0 Å². The molecule has 2 amide bonds. The van der Waals surface area contributed by atoms with E-state index in [4.69, 9.17) is 0 Å². The number of hydrogen-bond acceptors (Lipinski definition) is 1. The molecule has 1 aromatic rings. The zero-order valence-corrected chi connectivity index (χ0v) is 11.2. The van der Waals surface area contributed by atoms with Crippen molar-refractivity contribution in [3.8, 4) is 0 Å². The van der Waals surface area contributed by atoms with Crippen LogP contribution >= 0.6 is 15.9 Å². The molecule has 0 saturated heterocycles. The molecule has 0 aromatic heterocycles. The summed E-state index contributed by atoms with van der Waals surface area (Å²) in [4.78, 5) is 11.3. The van der Waals surface area contributed by atoms with E-state index in [0.717, 1.165) is 10.9 Å². The highest BCUT2D eigenvalue weighted by Crippen LogP contribution is 2.10. The van der Waals surface area contributed by atoms with E-state index in [1.165, 1.54) is 5.56 Å². The first-order chi connectivity index (χ1) is 7.58. The van der Waals surface area contributed by atoms with Crippen LogP contribution < -0.4 is 10.6 Å². The van der Waals surface area contributed by atoms with Gasteiger partial charge >= 0.3 is 6.03 Å². The Labute approximate surface area is 105 Å². The van der Waals surface area contributed by atoms with Crippen LogP contribution in [0, 0.1) is 0 Å². The number of benzene rings is 1. The average Bonchev–Trinajstić information content (AvgIpc) is 2.20. The number of carbonyl (C=O) groups is 1. The lowest BCUT2D eigenvalue weighted by Crippen LogP contribution is -2.40. The molecule has 0 unspecified atom stereocenters. The fourth-order valence-electron chi connectivity index (χ4n) is 1.28. The summed E-state index contributed by atoms with van der Waals surface area (Å²) < 4.78 is 1.07. The lowest BCUT2D eigenvalue weighted by Gasteiger charge is -2.09. The molecular weight excluding hydrogens is 268 g/mol. The van der Waals surface area contributed by atoms with Gasteiger partial charge in [-0.05, 0) is 38.0 Å². The van der Waals surface area contributed by atoms with Crippen molar-refractivity contribution < 1.29 is 4.79 Å². The predicted octanol–water partition coefficient (Wildman–Crippen LogP) is 2.70. The third kappa shape index (κ3) is 5.16. The summed E-state index contributed by atoms with van der Waals surface area (Å²) in [6.07, 6.45) is 0.846. The molecule has 88 valence electrons.